The van der Waals surface area contributed by atoms with Crippen LogP contribution >= 0.6 is 11.6 Å². The Morgan fingerprint density at radius 3 is 2.24 bits per heavy atom. The molecule has 1 N–H and O–H groups in total. The van der Waals surface area contributed by atoms with E-state index in [1.165, 1.54) is 18.2 Å². The summed E-state index contributed by atoms with van der Waals surface area (Å²) in [6, 6.07) is 14.5. The molecule has 1 heterocycles. The molecule has 4 rings (SSSR count). The minimum atomic E-state index is -4.81. The van der Waals surface area contributed by atoms with E-state index < -0.39 is 34.4 Å². The van der Waals surface area contributed by atoms with Crippen LogP contribution in [0.1, 0.15) is 22.4 Å². The number of nitrogens with zero attached hydrogens (tertiary/aromatic N) is 3. The topological polar surface area (TPSA) is 71.1 Å². The van der Waals surface area contributed by atoms with Gasteiger partial charge in [-0.05, 0) is 53.6 Å². The zero-order valence-electron chi connectivity index (χ0n) is 19.3. The van der Waals surface area contributed by atoms with E-state index in [-0.39, 0.29) is 34.7 Å². The summed E-state index contributed by atoms with van der Waals surface area (Å²) in [6.45, 7) is -0.0843. The molecule has 0 saturated heterocycles. The summed E-state index contributed by atoms with van der Waals surface area (Å²) in [5.41, 5.74) is -1.96. The second-order valence-corrected chi connectivity index (χ2v) is 8.57. The fourth-order valence-corrected chi connectivity index (χ4v) is 4.00. The van der Waals surface area contributed by atoms with Crippen LogP contribution in [0.4, 0.5) is 26.3 Å². The number of hydrogen-bond acceptors (Lipinski definition) is 4. The number of phenols is 1. The van der Waals surface area contributed by atoms with Crippen LogP contribution in [-0.4, -0.2) is 14.9 Å². The van der Waals surface area contributed by atoms with Crippen LogP contribution in [0.3, 0.4) is 0 Å². The van der Waals surface area contributed by atoms with Crippen molar-refractivity contribution in [1.29, 1.82) is 5.26 Å². The minimum Gasteiger partial charge on any atom is -0.506 e. The summed E-state index contributed by atoms with van der Waals surface area (Å²) < 4.78 is 87.0. The van der Waals surface area contributed by atoms with Crippen molar-refractivity contribution < 1.29 is 36.2 Å². The second-order valence-electron chi connectivity index (χ2n) is 8.16. The molecule has 0 aliphatic rings. The zero-order chi connectivity index (χ0) is 27.8. The maximum absolute atomic E-state index is 13.6. The highest BCUT2D eigenvalue weighted by Gasteiger charge is 2.36. The number of halogens is 7. The molecule has 38 heavy (non-hydrogen) atoms. The van der Waals surface area contributed by atoms with Gasteiger partial charge in [-0.15, -0.1) is 0 Å². The summed E-state index contributed by atoms with van der Waals surface area (Å²) in [4.78, 5) is 0. The SMILES string of the molecule is Cn1nc(-c2ccc(OCc3ccc(C#N)cc3)c(-c3ccc(Cl)c(C(F)(F)F)c3)c2O)cc1C(F)(F)F. The smallest absolute Gasteiger partial charge is 0.433 e. The standard InChI is InChI=1S/C26H16ClF6N3O2/c1-36-22(26(31,32)33)11-20(35-36)17-7-9-21(38-13-15-4-2-14(12-34)3-5-15)23(24(17)37)16-6-8-19(27)18(10-16)25(28,29)30/h2-11,37H,13H2,1H3. The van der Waals surface area contributed by atoms with Gasteiger partial charge in [-0.2, -0.15) is 36.7 Å². The number of hydrogen-bond donors (Lipinski definition) is 1. The predicted molar refractivity (Wildman–Crippen MR) is 126 cm³/mol. The summed E-state index contributed by atoms with van der Waals surface area (Å²) in [5, 5.41) is 23.3. The first-order valence-corrected chi connectivity index (χ1v) is 11.1. The average Bonchev–Trinajstić information content (AvgIpc) is 3.25. The van der Waals surface area contributed by atoms with Crippen molar-refractivity contribution in [2.75, 3.05) is 0 Å². The number of aromatic nitrogens is 2. The Kier molecular flexibility index (Phi) is 7.04. The maximum Gasteiger partial charge on any atom is 0.433 e. The molecule has 196 valence electrons. The Balaban J connectivity index is 1.85. The number of rotatable bonds is 5. The molecule has 0 unspecified atom stereocenters. The third kappa shape index (κ3) is 5.40. The monoisotopic (exact) mass is 551 g/mol. The van der Waals surface area contributed by atoms with E-state index in [2.05, 4.69) is 5.10 Å². The molecule has 5 nitrogen and oxygen atoms in total. The van der Waals surface area contributed by atoms with E-state index in [4.69, 9.17) is 21.6 Å². The second kappa shape index (κ2) is 9.95. The number of ether oxygens (including phenoxy) is 1. The van der Waals surface area contributed by atoms with Crippen molar-refractivity contribution in [3.63, 3.8) is 0 Å². The van der Waals surface area contributed by atoms with E-state index >= 15 is 0 Å². The Labute approximate surface area is 217 Å². The molecule has 0 amide bonds. The van der Waals surface area contributed by atoms with Crippen LogP contribution in [0.2, 0.25) is 5.02 Å². The summed E-state index contributed by atoms with van der Waals surface area (Å²) in [6.07, 6.45) is -9.53. The number of nitriles is 1. The lowest BCUT2D eigenvalue weighted by atomic mass is 9.97. The first-order valence-electron chi connectivity index (χ1n) is 10.8. The van der Waals surface area contributed by atoms with Gasteiger partial charge >= 0.3 is 12.4 Å². The molecule has 0 fully saturated rings. The van der Waals surface area contributed by atoms with Crippen molar-refractivity contribution in [3.05, 3.63) is 88.1 Å². The van der Waals surface area contributed by atoms with Crippen LogP contribution in [0.15, 0.2) is 60.7 Å². The lowest BCUT2D eigenvalue weighted by Crippen LogP contribution is -2.11. The number of benzene rings is 3. The van der Waals surface area contributed by atoms with E-state index in [0.717, 1.165) is 25.2 Å². The molecule has 3 aromatic carbocycles. The van der Waals surface area contributed by atoms with E-state index in [9.17, 15) is 31.4 Å². The van der Waals surface area contributed by atoms with Gasteiger partial charge in [-0.1, -0.05) is 29.8 Å². The molecule has 0 bridgehead atoms. The van der Waals surface area contributed by atoms with Gasteiger partial charge in [0.05, 0.1) is 33.5 Å². The van der Waals surface area contributed by atoms with Crippen LogP contribution in [0.5, 0.6) is 11.5 Å². The molecule has 1 aromatic heterocycles. The molecule has 12 heteroatoms. The van der Waals surface area contributed by atoms with Crippen molar-refractivity contribution in [2.24, 2.45) is 7.05 Å². The fourth-order valence-electron chi connectivity index (χ4n) is 3.78. The Hall–Kier alpha value is -4.17. The quantitative estimate of drug-likeness (QED) is 0.259. The Morgan fingerprint density at radius 2 is 1.66 bits per heavy atom. The largest absolute Gasteiger partial charge is 0.506 e. The van der Waals surface area contributed by atoms with Gasteiger partial charge in [-0.25, -0.2) is 0 Å². The summed E-state index contributed by atoms with van der Waals surface area (Å²) in [7, 11) is 1.08. The van der Waals surface area contributed by atoms with Gasteiger partial charge in [0.15, 0.2) is 0 Å². The molecule has 0 saturated carbocycles. The van der Waals surface area contributed by atoms with E-state index in [0.29, 0.717) is 15.8 Å². The number of aryl methyl sites for hydroxylation is 1. The van der Waals surface area contributed by atoms with Crippen LogP contribution in [0, 0.1) is 11.3 Å². The third-order valence-corrected chi connectivity index (χ3v) is 5.95. The first-order chi connectivity index (χ1) is 17.8. The van der Waals surface area contributed by atoms with Crippen molar-refractivity contribution in [1.82, 2.24) is 9.78 Å². The van der Waals surface area contributed by atoms with Crippen LogP contribution in [-0.2, 0) is 26.0 Å². The number of phenolic OH excluding ortho intramolecular Hbond substituents is 1. The average molecular weight is 552 g/mol. The molecular formula is C26H16ClF6N3O2. The molecule has 0 spiro atoms. The molecule has 0 aliphatic carbocycles. The maximum atomic E-state index is 13.6. The Bertz CT molecular complexity index is 1540. The van der Waals surface area contributed by atoms with Gasteiger partial charge in [0.25, 0.3) is 0 Å². The van der Waals surface area contributed by atoms with E-state index in [1.54, 1.807) is 24.3 Å². The predicted octanol–water partition coefficient (Wildman–Crippen LogP) is 7.60. The van der Waals surface area contributed by atoms with Crippen LogP contribution < -0.4 is 4.74 Å². The lowest BCUT2D eigenvalue weighted by molar-refractivity contribution is -0.143. The molecule has 0 aliphatic heterocycles. The molecule has 0 radical (unpaired) electrons. The molecular weight excluding hydrogens is 536 g/mol. The first kappa shape index (κ1) is 26.9. The van der Waals surface area contributed by atoms with Crippen molar-refractivity contribution >= 4 is 11.6 Å². The van der Waals surface area contributed by atoms with Gasteiger partial charge in [0.2, 0.25) is 0 Å². The van der Waals surface area contributed by atoms with E-state index in [1.807, 2.05) is 6.07 Å². The van der Waals surface area contributed by atoms with Crippen molar-refractivity contribution in [3.8, 4) is 40.0 Å². The lowest BCUT2D eigenvalue weighted by Gasteiger charge is -2.17. The highest BCUT2D eigenvalue weighted by atomic mass is 35.5. The Morgan fingerprint density at radius 1 is 0.974 bits per heavy atom. The van der Waals surface area contributed by atoms with Gasteiger partial charge in [0.1, 0.15) is 23.8 Å². The minimum absolute atomic E-state index is 0.0435. The van der Waals surface area contributed by atoms with Crippen molar-refractivity contribution in [2.45, 2.75) is 19.0 Å². The highest BCUT2D eigenvalue weighted by molar-refractivity contribution is 6.31. The normalized spacial score (nSPS) is 11.9. The van der Waals surface area contributed by atoms with Gasteiger partial charge < -0.3 is 9.84 Å². The summed E-state index contributed by atoms with van der Waals surface area (Å²) in [5.74, 6) is -0.678. The summed E-state index contributed by atoms with van der Waals surface area (Å²) >= 11 is 5.75. The molecule has 0 atom stereocenters. The zero-order valence-corrected chi connectivity index (χ0v) is 20.1. The highest BCUT2D eigenvalue weighted by Crippen LogP contribution is 2.47. The molecule has 4 aromatic rings. The van der Waals surface area contributed by atoms with Gasteiger partial charge in [-0.3, -0.25) is 4.68 Å². The fraction of sp³-hybridized carbons (Fsp3) is 0.154. The van der Waals surface area contributed by atoms with Gasteiger partial charge in [0, 0.05) is 12.6 Å². The number of alkyl halides is 6. The third-order valence-electron chi connectivity index (χ3n) is 5.62. The number of aromatic hydroxyl groups is 1. The van der Waals surface area contributed by atoms with Crippen LogP contribution in [0.25, 0.3) is 22.4 Å².